The van der Waals surface area contributed by atoms with Gasteiger partial charge in [-0.15, -0.1) is 0 Å². The van der Waals surface area contributed by atoms with Gasteiger partial charge in [0.1, 0.15) is 0 Å². The standard InChI is InChI=1S/C17H27N3O/c1-12-11-14(18)9-10-16(12)19-17(21)13(2)20(3)15-7-5-4-6-8-15/h9-11,13,15H,4-8,18H2,1-3H3,(H,19,21). The van der Waals surface area contributed by atoms with E-state index in [0.717, 1.165) is 16.9 Å². The van der Waals surface area contributed by atoms with Gasteiger partial charge in [0.05, 0.1) is 6.04 Å². The van der Waals surface area contributed by atoms with Crippen LogP contribution in [-0.2, 0) is 4.79 Å². The molecule has 1 aromatic rings. The van der Waals surface area contributed by atoms with Crippen molar-refractivity contribution in [1.29, 1.82) is 0 Å². The van der Waals surface area contributed by atoms with Crippen molar-refractivity contribution in [2.45, 2.75) is 58.0 Å². The minimum Gasteiger partial charge on any atom is -0.399 e. The van der Waals surface area contributed by atoms with Gasteiger partial charge < -0.3 is 11.1 Å². The lowest BCUT2D eigenvalue weighted by molar-refractivity contribution is -0.121. The maximum atomic E-state index is 12.4. The fourth-order valence-corrected chi connectivity index (χ4v) is 3.05. The molecule has 1 aliphatic carbocycles. The molecule has 0 heterocycles. The number of benzene rings is 1. The zero-order valence-corrected chi connectivity index (χ0v) is 13.4. The van der Waals surface area contributed by atoms with Crippen molar-refractivity contribution in [3.63, 3.8) is 0 Å². The first-order valence-corrected chi connectivity index (χ1v) is 7.88. The molecule has 2 rings (SSSR count). The average molecular weight is 289 g/mol. The van der Waals surface area contributed by atoms with Crippen molar-refractivity contribution in [3.8, 4) is 0 Å². The zero-order valence-electron chi connectivity index (χ0n) is 13.4. The molecule has 0 bridgehead atoms. The Hall–Kier alpha value is -1.55. The quantitative estimate of drug-likeness (QED) is 0.837. The van der Waals surface area contributed by atoms with Crippen molar-refractivity contribution >= 4 is 17.3 Å². The Morgan fingerprint density at radius 3 is 2.62 bits per heavy atom. The van der Waals surface area contributed by atoms with Gasteiger partial charge in [0.2, 0.25) is 5.91 Å². The fraction of sp³-hybridized carbons (Fsp3) is 0.588. The van der Waals surface area contributed by atoms with Crippen LogP contribution in [-0.4, -0.2) is 29.9 Å². The summed E-state index contributed by atoms with van der Waals surface area (Å²) in [7, 11) is 2.07. The zero-order chi connectivity index (χ0) is 15.4. The molecule has 0 spiro atoms. The monoisotopic (exact) mass is 289 g/mol. The number of nitrogens with two attached hydrogens (primary N) is 1. The van der Waals surface area contributed by atoms with E-state index >= 15 is 0 Å². The molecular formula is C17H27N3O. The van der Waals surface area contributed by atoms with E-state index in [1.807, 2.05) is 32.0 Å². The van der Waals surface area contributed by atoms with E-state index in [-0.39, 0.29) is 11.9 Å². The highest BCUT2D eigenvalue weighted by Crippen LogP contribution is 2.24. The molecule has 0 aromatic heterocycles. The van der Waals surface area contributed by atoms with E-state index in [9.17, 15) is 4.79 Å². The van der Waals surface area contributed by atoms with Gasteiger partial charge in [-0.2, -0.15) is 0 Å². The summed E-state index contributed by atoms with van der Waals surface area (Å²) in [4.78, 5) is 14.7. The van der Waals surface area contributed by atoms with Crippen LogP contribution in [0.15, 0.2) is 18.2 Å². The summed E-state index contributed by atoms with van der Waals surface area (Å²) in [5, 5.41) is 3.02. The second-order valence-corrected chi connectivity index (χ2v) is 6.20. The number of carbonyl (C=O) groups excluding carboxylic acids is 1. The lowest BCUT2D eigenvalue weighted by Crippen LogP contribution is -2.46. The number of amides is 1. The van der Waals surface area contributed by atoms with Crippen LogP contribution in [0.3, 0.4) is 0 Å². The Labute approximate surface area is 127 Å². The van der Waals surface area contributed by atoms with Gasteiger partial charge in [0, 0.05) is 17.4 Å². The summed E-state index contributed by atoms with van der Waals surface area (Å²) >= 11 is 0. The van der Waals surface area contributed by atoms with Gasteiger partial charge in [0.25, 0.3) is 0 Å². The minimum atomic E-state index is -0.120. The molecule has 1 fully saturated rings. The molecule has 1 amide bonds. The Balaban J connectivity index is 1.98. The Morgan fingerprint density at radius 1 is 1.33 bits per heavy atom. The van der Waals surface area contributed by atoms with Crippen LogP contribution >= 0.6 is 0 Å². The van der Waals surface area contributed by atoms with Gasteiger partial charge in [0.15, 0.2) is 0 Å². The van der Waals surface area contributed by atoms with E-state index in [4.69, 9.17) is 5.73 Å². The minimum absolute atomic E-state index is 0.0518. The maximum Gasteiger partial charge on any atom is 0.241 e. The largest absolute Gasteiger partial charge is 0.399 e. The molecule has 0 radical (unpaired) electrons. The third-order valence-corrected chi connectivity index (χ3v) is 4.65. The van der Waals surface area contributed by atoms with Crippen LogP contribution in [0.4, 0.5) is 11.4 Å². The second kappa shape index (κ2) is 6.94. The SMILES string of the molecule is Cc1cc(N)ccc1NC(=O)C(C)N(C)C1CCCCC1. The van der Waals surface area contributed by atoms with E-state index in [1.54, 1.807) is 0 Å². The first-order chi connectivity index (χ1) is 9.99. The predicted molar refractivity (Wildman–Crippen MR) is 88.3 cm³/mol. The molecule has 1 unspecified atom stereocenters. The number of nitrogens with one attached hydrogen (secondary N) is 1. The summed E-state index contributed by atoms with van der Waals surface area (Å²) in [6.07, 6.45) is 6.29. The van der Waals surface area contributed by atoms with Crippen LogP contribution in [0, 0.1) is 6.92 Å². The molecular weight excluding hydrogens is 262 g/mol. The lowest BCUT2D eigenvalue weighted by Gasteiger charge is -2.34. The van der Waals surface area contributed by atoms with Gasteiger partial charge in [-0.1, -0.05) is 19.3 Å². The average Bonchev–Trinajstić information content (AvgIpc) is 2.49. The molecule has 0 aliphatic heterocycles. The molecule has 1 saturated carbocycles. The van der Waals surface area contributed by atoms with Crippen LogP contribution in [0.2, 0.25) is 0 Å². The highest BCUT2D eigenvalue weighted by Gasteiger charge is 2.26. The molecule has 1 aromatic carbocycles. The first-order valence-electron chi connectivity index (χ1n) is 7.88. The summed E-state index contributed by atoms with van der Waals surface area (Å²) < 4.78 is 0. The number of aryl methyl sites for hydroxylation is 1. The summed E-state index contributed by atoms with van der Waals surface area (Å²) in [6, 6.07) is 5.98. The third-order valence-electron chi connectivity index (χ3n) is 4.65. The van der Waals surface area contributed by atoms with E-state index in [1.165, 1.54) is 32.1 Å². The van der Waals surface area contributed by atoms with Gasteiger partial charge in [-0.3, -0.25) is 9.69 Å². The number of nitrogens with zero attached hydrogens (tertiary/aromatic N) is 1. The smallest absolute Gasteiger partial charge is 0.241 e. The van der Waals surface area contributed by atoms with E-state index in [0.29, 0.717) is 6.04 Å². The number of anilines is 2. The second-order valence-electron chi connectivity index (χ2n) is 6.20. The highest BCUT2D eigenvalue weighted by molar-refractivity contribution is 5.95. The van der Waals surface area contributed by atoms with Crippen molar-refractivity contribution < 1.29 is 4.79 Å². The molecule has 3 N–H and O–H groups in total. The third kappa shape index (κ3) is 3.97. The van der Waals surface area contributed by atoms with Gasteiger partial charge in [-0.25, -0.2) is 0 Å². The topological polar surface area (TPSA) is 58.4 Å². The van der Waals surface area contributed by atoms with Gasteiger partial charge >= 0.3 is 0 Å². The van der Waals surface area contributed by atoms with Crippen molar-refractivity contribution in [2.75, 3.05) is 18.1 Å². The fourth-order valence-electron chi connectivity index (χ4n) is 3.05. The first kappa shape index (κ1) is 15.8. The lowest BCUT2D eigenvalue weighted by atomic mass is 9.93. The van der Waals surface area contributed by atoms with Crippen LogP contribution in [0.5, 0.6) is 0 Å². The Morgan fingerprint density at radius 2 is 2.00 bits per heavy atom. The summed E-state index contributed by atoms with van der Waals surface area (Å²) in [5.74, 6) is 0.0518. The number of likely N-dealkylation sites (N-methyl/N-ethyl adjacent to an activating group) is 1. The number of hydrogen-bond acceptors (Lipinski definition) is 3. The normalized spacial score (nSPS) is 17.7. The Kier molecular flexibility index (Phi) is 5.23. The molecule has 1 atom stereocenters. The number of rotatable bonds is 4. The van der Waals surface area contributed by atoms with E-state index in [2.05, 4.69) is 17.3 Å². The summed E-state index contributed by atoms with van der Waals surface area (Å²) in [5.41, 5.74) is 8.30. The van der Waals surface area contributed by atoms with Crippen LogP contribution < -0.4 is 11.1 Å². The molecule has 116 valence electrons. The van der Waals surface area contributed by atoms with Crippen LogP contribution in [0.25, 0.3) is 0 Å². The molecule has 4 heteroatoms. The van der Waals surface area contributed by atoms with Crippen molar-refractivity contribution in [3.05, 3.63) is 23.8 Å². The number of carbonyl (C=O) groups is 1. The number of nitrogen functional groups attached to an aromatic ring is 1. The maximum absolute atomic E-state index is 12.4. The highest BCUT2D eigenvalue weighted by atomic mass is 16.2. The van der Waals surface area contributed by atoms with Crippen LogP contribution in [0.1, 0.15) is 44.6 Å². The molecule has 21 heavy (non-hydrogen) atoms. The predicted octanol–water partition coefficient (Wildman–Crippen LogP) is 3.17. The Bertz CT molecular complexity index is 495. The molecule has 0 saturated heterocycles. The summed E-state index contributed by atoms with van der Waals surface area (Å²) in [6.45, 7) is 3.94. The van der Waals surface area contributed by atoms with Crippen molar-refractivity contribution in [2.24, 2.45) is 0 Å². The molecule has 4 nitrogen and oxygen atoms in total. The molecule has 1 aliphatic rings. The number of hydrogen-bond donors (Lipinski definition) is 2. The van der Waals surface area contributed by atoms with Gasteiger partial charge in [-0.05, 0) is 57.5 Å². The van der Waals surface area contributed by atoms with Crippen molar-refractivity contribution in [1.82, 2.24) is 4.90 Å². The van der Waals surface area contributed by atoms with E-state index < -0.39 is 0 Å².